The van der Waals surface area contributed by atoms with E-state index in [4.69, 9.17) is 23.2 Å². The summed E-state index contributed by atoms with van der Waals surface area (Å²) in [5.41, 5.74) is 1.05. The minimum atomic E-state index is -0.565. The lowest BCUT2D eigenvalue weighted by molar-refractivity contribution is -0.121. The zero-order chi connectivity index (χ0) is 19.7. The SMILES string of the molecule is O=C1[N]C2(CCN(C(=O)c3ccc(Cl)c(Cl)c3)CC2)NC1Cc1ccccc1. The van der Waals surface area contributed by atoms with Gasteiger partial charge in [-0.15, -0.1) is 0 Å². The predicted molar refractivity (Wildman–Crippen MR) is 109 cm³/mol. The number of nitrogens with zero attached hydrogens (tertiary/aromatic N) is 2. The Hall–Kier alpha value is -2.08. The topological polar surface area (TPSA) is 63.5 Å². The summed E-state index contributed by atoms with van der Waals surface area (Å²) in [4.78, 5) is 26.9. The molecule has 5 nitrogen and oxygen atoms in total. The molecular formula is C21H20Cl2N3O2. The molecule has 0 saturated carbocycles. The van der Waals surface area contributed by atoms with Crippen LogP contribution in [0.3, 0.4) is 0 Å². The highest BCUT2D eigenvalue weighted by molar-refractivity contribution is 6.42. The Morgan fingerprint density at radius 1 is 1.11 bits per heavy atom. The number of hydrogen-bond acceptors (Lipinski definition) is 3. The molecule has 2 aliphatic rings. The van der Waals surface area contributed by atoms with Crippen molar-refractivity contribution in [3.05, 3.63) is 69.7 Å². The number of nitrogens with one attached hydrogen (secondary N) is 1. The number of hydrogen-bond donors (Lipinski definition) is 1. The minimum Gasteiger partial charge on any atom is -0.338 e. The highest BCUT2D eigenvalue weighted by Crippen LogP contribution is 2.29. The van der Waals surface area contributed by atoms with E-state index in [9.17, 15) is 9.59 Å². The molecule has 1 unspecified atom stereocenters. The van der Waals surface area contributed by atoms with Crippen LogP contribution in [-0.4, -0.2) is 41.5 Å². The van der Waals surface area contributed by atoms with Crippen molar-refractivity contribution in [1.82, 2.24) is 15.5 Å². The van der Waals surface area contributed by atoms with Gasteiger partial charge in [0, 0.05) is 31.5 Å². The Morgan fingerprint density at radius 2 is 1.82 bits per heavy atom. The molecule has 2 aliphatic heterocycles. The third-order valence-electron chi connectivity index (χ3n) is 5.39. The lowest BCUT2D eigenvalue weighted by Crippen LogP contribution is -2.56. The van der Waals surface area contributed by atoms with E-state index in [0.717, 1.165) is 5.56 Å². The van der Waals surface area contributed by atoms with Crippen molar-refractivity contribution in [2.45, 2.75) is 31.0 Å². The van der Waals surface area contributed by atoms with E-state index in [-0.39, 0.29) is 17.9 Å². The standard InChI is InChI=1S/C21H20Cl2N3O2/c22-16-7-6-15(13-17(16)23)20(28)26-10-8-21(9-11-26)24-18(19(27)25-21)12-14-4-2-1-3-5-14/h1-7,13,18,24H,8-12H2. The van der Waals surface area contributed by atoms with Crippen LogP contribution >= 0.6 is 23.2 Å². The van der Waals surface area contributed by atoms with Crippen LogP contribution in [0.15, 0.2) is 48.5 Å². The van der Waals surface area contributed by atoms with Gasteiger partial charge in [-0.3, -0.25) is 14.9 Å². The molecular weight excluding hydrogens is 397 g/mol. The number of piperidine rings is 1. The molecule has 1 radical (unpaired) electrons. The second-order valence-electron chi connectivity index (χ2n) is 7.29. The van der Waals surface area contributed by atoms with Gasteiger partial charge < -0.3 is 4.90 Å². The van der Waals surface area contributed by atoms with E-state index in [2.05, 4.69) is 10.6 Å². The highest BCUT2D eigenvalue weighted by atomic mass is 35.5. The zero-order valence-corrected chi connectivity index (χ0v) is 16.7. The normalized spacial score (nSPS) is 21.0. The van der Waals surface area contributed by atoms with Gasteiger partial charge in [0.15, 0.2) is 0 Å². The average Bonchev–Trinajstić information content (AvgIpc) is 2.99. The summed E-state index contributed by atoms with van der Waals surface area (Å²) >= 11 is 12.0. The molecule has 28 heavy (non-hydrogen) atoms. The van der Waals surface area contributed by atoms with Crippen molar-refractivity contribution in [2.75, 3.05) is 13.1 Å². The molecule has 1 spiro atoms. The molecule has 1 atom stereocenters. The van der Waals surface area contributed by atoms with Gasteiger partial charge in [-0.1, -0.05) is 53.5 Å². The lowest BCUT2D eigenvalue weighted by atomic mass is 9.96. The number of carbonyl (C=O) groups is 2. The molecule has 7 heteroatoms. The summed E-state index contributed by atoms with van der Waals surface area (Å²) in [6.45, 7) is 1.06. The molecule has 0 bridgehead atoms. The number of rotatable bonds is 3. The van der Waals surface area contributed by atoms with Gasteiger partial charge in [-0.05, 0) is 30.2 Å². The van der Waals surface area contributed by atoms with Crippen LogP contribution in [0.25, 0.3) is 0 Å². The van der Waals surface area contributed by atoms with Crippen molar-refractivity contribution < 1.29 is 9.59 Å². The first-order valence-corrected chi connectivity index (χ1v) is 10.0. The van der Waals surface area contributed by atoms with Crippen LogP contribution in [0.5, 0.6) is 0 Å². The molecule has 2 heterocycles. The Kier molecular flexibility index (Phi) is 5.32. The first-order valence-electron chi connectivity index (χ1n) is 9.28. The maximum atomic E-state index is 12.7. The maximum absolute atomic E-state index is 12.7. The van der Waals surface area contributed by atoms with Crippen molar-refractivity contribution in [3.63, 3.8) is 0 Å². The molecule has 2 fully saturated rings. The summed E-state index contributed by atoms with van der Waals surface area (Å²) in [7, 11) is 0. The van der Waals surface area contributed by atoms with Gasteiger partial charge in [0.1, 0.15) is 5.66 Å². The largest absolute Gasteiger partial charge is 0.338 e. The number of carbonyl (C=O) groups excluding carboxylic acids is 2. The van der Waals surface area contributed by atoms with Gasteiger partial charge >= 0.3 is 0 Å². The van der Waals surface area contributed by atoms with E-state index < -0.39 is 5.66 Å². The molecule has 2 saturated heterocycles. The smallest absolute Gasteiger partial charge is 0.260 e. The van der Waals surface area contributed by atoms with Gasteiger partial charge in [-0.25, -0.2) is 5.32 Å². The van der Waals surface area contributed by atoms with Gasteiger partial charge in [0.05, 0.1) is 16.1 Å². The van der Waals surface area contributed by atoms with Gasteiger partial charge in [0.2, 0.25) is 0 Å². The minimum absolute atomic E-state index is 0.0847. The molecule has 145 valence electrons. The summed E-state index contributed by atoms with van der Waals surface area (Å²) in [5, 5.41) is 8.64. The first kappa shape index (κ1) is 19.2. The van der Waals surface area contributed by atoms with E-state index in [1.54, 1.807) is 23.1 Å². The molecule has 2 amide bonds. The maximum Gasteiger partial charge on any atom is 0.260 e. The quantitative estimate of drug-likeness (QED) is 0.834. The Balaban J connectivity index is 1.39. The molecule has 1 N–H and O–H groups in total. The van der Waals surface area contributed by atoms with Crippen LogP contribution in [0.1, 0.15) is 28.8 Å². The number of amides is 2. The third-order valence-corrected chi connectivity index (χ3v) is 6.13. The van der Waals surface area contributed by atoms with Crippen LogP contribution in [0.4, 0.5) is 0 Å². The Bertz CT molecular complexity index is 896. The van der Waals surface area contributed by atoms with Crippen molar-refractivity contribution in [2.24, 2.45) is 0 Å². The summed E-state index contributed by atoms with van der Waals surface area (Å²) in [6, 6.07) is 14.5. The van der Waals surface area contributed by atoms with Crippen LogP contribution in [-0.2, 0) is 11.2 Å². The second kappa shape index (κ2) is 7.74. The van der Waals surface area contributed by atoms with Crippen LogP contribution in [0.2, 0.25) is 10.0 Å². The molecule has 0 aromatic heterocycles. The number of likely N-dealkylation sites (tertiary alicyclic amines) is 1. The van der Waals surface area contributed by atoms with Crippen molar-refractivity contribution >= 4 is 35.0 Å². The Morgan fingerprint density at radius 3 is 2.50 bits per heavy atom. The Labute approximate surface area is 174 Å². The predicted octanol–water partition coefficient (Wildman–Crippen LogP) is 3.27. The monoisotopic (exact) mass is 416 g/mol. The van der Waals surface area contributed by atoms with Gasteiger partial charge in [0.25, 0.3) is 11.8 Å². The molecule has 0 aliphatic carbocycles. The lowest BCUT2D eigenvalue weighted by Gasteiger charge is -2.38. The fourth-order valence-electron chi connectivity index (χ4n) is 3.84. The van der Waals surface area contributed by atoms with Crippen molar-refractivity contribution in [3.8, 4) is 0 Å². The fraction of sp³-hybridized carbons (Fsp3) is 0.333. The summed E-state index contributed by atoms with van der Waals surface area (Å²) in [6.07, 6.45) is 1.84. The van der Waals surface area contributed by atoms with E-state index in [1.807, 2.05) is 30.3 Å². The van der Waals surface area contributed by atoms with E-state index in [1.165, 1.54) is 0 Å². The number of benzene rings is 2. The fourth-order valence-corrected chi connectivity index (χ4v) is 4.14. The molecule has 2 aromatic carbocycles. The highest BCUT2D eigenvalue weighted by Gasteiger charge is 2.47. The van der Waals surface area contributed by atoms with Gasteiger partial charge in [-0.2, -0.15) is 0 Å². The molecule has 4 rings (SSSR count). The average molecular weight is 417 g/mol. The van der Waals surface area contributed by atoms with Crippen LogP contribution < -0.4 is 10.6 Å². The third kappa shape index (κ3) is 3.88. The number of halogens is 2. The second-order valence-corrected chi connectivity index (χ2v) is 8.10. The van der Waals surface area contributed by atoms with E-state index in [0.29, 0.717) is 48.0 Å². The first-order chi connectivity index (χ1) is 13.5. The molecule has 2 aromatic rings. The zero-order valence-electron chi connectivity index (χ0n) is 15.2. The van der Waals surface area contributed by atoms with Crippen molar-refractivity contribution in [1.29, 1.82) is 0 Å². The summed E-state index contributed by atoms with van der Waals surface area (Å²) in [5.74, 6) is -0.188. The van der Waals surface area contributed by atoms with E-state index >= 15 is 0 Å². The van der Waals surface area contributed by atoms with Crippen LogP contribution in [0, 0.1) is 0 Å². The summed E-state index contributed by atoms with van der Waals surface area (Å²) < 4.78 is 0.